The van der Waals surface area contributed by atoms with E-state index in [1.165, 1.54) is 12.3 Å². The molecule has 0 aromatic heterocycles. The zero-order chi connectivity index (χ0) is 29.8. The predicted molar refractivity (Wildman–Crippen MR) is 165 cm³/mol. The number of hydrogen-bond acceptors (Lipinski definition) is 6. The van der Waals surface area contributed by atoms with E-state index in [1.807, 2.05) is 50.2 Å². The molecule has 0 aliphatic heterocycles. The number of benzene rings is 3. The number of hydrazone groups is 1. The Labute approximate surface area is 258 Å². The molecule has 0 saturated carbocycles. The molecule has 3 aromatic rings. The first-order valence-corrected chi connectivity index (χ1v) is 14.6. The van der Waals surface area contributed by atoms with Crippen LogP contribution in [0.15, 0.2) is 70.2 Å². The molecular weight excluding hydrogens is 633 g/mol. The van der Waals surface area contributed by atoms with Gasteiger partial charge >= 0.3 is 0 Å². The zero-order valence-corrected chi connectivity index (χ0v) is 26.1. The summed E-state index contributed by atoms with van der Waals surface area (Å²) in [6.07, 6.45) is 1.65. The molecule has 0 saturated heterocycles. The standard InChI is InChI=1S/C30H32BrCl2N3O5/c1-4-13-40-28-23(31)14-21(16-27(28)39-5-2)18-34-36-30(38)25(15-20-9-7-6-8-10-20)35-29(37)19(3)41-26-12-11-22(32)17-24(26)33/h6-12,14,16-19,25H,4-5,13,15H2,1-3H3,(H,35,37)(H,36,38)/b34-18-/t19-,25-/m0/s1. The molecule has 3 aromatic carbocycles. The molecule has 11 heteroatoms. The van der Waals surface area contributed by atoms with Crippen molar-refractivity contribution in [3.63, 3.8) is 0 Å². The fourth-order valence-electron chi connectivity index (χ4n) is 3.68. The summed E-state index contributed by atoms with van der Waals surface area (Å²) in [5.41, 5.74) is 4.07. The lowest BCUT2D eigenvalue weighted by Gasteiger charge is -2.21. The summed E-state index contributed by atoms with van der Waals surface area (Å²) >= 11 is 15.6. The highest BCUT2D eigenvalue weighted by Gasteiger charge is 2.25. The molecule has 0 heterocycles. The van der Waals surface area contributed by atoms with Gasteiger partial charge in [-0.2, -0.15) is 5.10 Å². The van der Waals surface area contributed by atoms with Gasteiger partial charge in [-0.15, -0.1) is 0 Å². The van der Waals surface area contributed by atoms with Crippen LogP contribution in [0.4, 0.5) is 0 Å². The minimum absolute atomic E-state index is 0.242. The summed E-state index contributed by atoms with van der Waals surface area (Å²) in [6, 6.07) is 16.7. The second-order valence-corrected chi connectivity index (χ2v) is 10.6. The molecule has 3 rings (SSSR count). The van der Waals surface area contributed by atoms with Crippen molar-refractivity contribution in [3.8, 4) is 17.2 Å². The van der Waals surface area contributed by atoms with Crippen molar-refractivity contribution in [2.24, 2.45) is 5.10 Å². The Kier molecular flexibility index (Phi) is 12.8. The molecule has 218 valence electrons. The second kappa shape index (κ2) is 16.2. The largest absolute Gasteiger partial charge is 0.490 e. The number of amides is 2. The number of nitrogens with one attached hydrogen (secondary N) is 2. The van der Waals surface area contributed by atoms with Gasteiger partial charge in [0.05, 0.1) is 28.9 Å². The number of ether oxygens (including phenoxy) is 3. The predicted octanol–water partition coefficient (Wildman–Crippen LogP) is 6.59. The molecular formula is C30H32BrCl2N3O5. The third kappa shape index (κ3) is 9.95. The van der Waals surface area contributed by atoms with Gasteiger partial charge in [0.25, 0.3) is 11.8 Å². The van der Waals surface area contributed by atoms with Gasteiger partial charge in [0.2, 0.25) is 0 Å². The number of halogens is 3. The van der Waals surface area contributed by atoms with E-state index >= 15 is 0 Å². The van der Waals surface area contributed by atoms with Crippen LogP contribution in [0.3, 0.4) is 0 Å². The first kappa shape index (κ1) is 32.2. The Balaban J connectivity index is 1.73. The molecule has 2 amide bonds. The SMILES string of the molecule is CCCOc1c(Br)cc(/C=N\NC(=O)[C@H](Cc2ccccc2)NC(=O)[C@H](C)Oc2ccc(Cl)cc2Cl)cc1OCC. The maximum Gasteiger partial charge on any atom is 0.262 e. The molecule has 41 heavy (non-hydrogen) atoms. The molecule has 8 nitrogen and oxygen atoms in total. The molecule has 2 atom stereocenters. The average molecular weight is 665 g/mol. The van der Waals surface area contributed by atoms with Crippen LogP contribution in [-0.4, -0.2) is 43.4 Å². The highest BCUT2D eigenvalue weighted by Crippen LogP contribution is 2.36. The van der Waals surface area contributed by atoms with Crippen molar-refractivity contribution in [3.05, 3.63) is 86.3 Å². The van der Waals surface area contributed by atoms with Crippen LogP contribution in [0.2, 0.25) is 10.0 Å². The highest BCUT2D eigenvalue weighted by atomic mass is 79.9. The second-order valence-electron chi connectivity index (χ2n) is 8.93. The quantitative estimate of drug-likeness (QED) is 0.150. The Hall–Kier alpha value is -3.27. The maximum atomic E-state index is 13.2. The zero-order valence-electron chi connectivity index (χ0n) is 23.0. The van der Waals surface area contributed by atoms with Crippen LogP contribution >= 0.6 is 39.1 Å². The molecule has 0 spiro atoms. The first-order valence-electron chi connectivity index (χ1n) is 13.1. The van der Waals surface area contributed by atoms with E-state index in [9.17, 15) is 9.59 Å². The van der Waals surface area contributed by atoms with E-state index in [1.54, 1.807) is 25.1 Å². The Bertz CT molecular complexity index is 1360. The van der Waals surface area contributed by atoms with Crippen LogP contribution in [-0.2, 0) is 16.0 Å². The molecule has 0 radical (unpaired) electrons. The topological polar surface area (TPSA) is 98.2 Å². The monoisotopic (exact) mass is 663 g/mol. The number of carbonyl (C=O) groups is 2. The smallest absolute Gasteiger partial charge is 0.262 e. The fraction of sp³-hybridized carbons (Fsp3) is 0.300. The Morgan fingerprint density at radius 3 is 2.44 bits per heavy atom. The van der Waals surface area contributed by atoms with E-state index in [0.717, 1.165) is 12.0 Å². The summed E-state index contributed by atoms with van der Waals surface area (Å²) in [5, 5.41) is 7.61. The van der Waals surface area contributed by atoms with Crippen molar-refractivity contribution in [1.82, 2.24) is 10.7 Å². The number of nitrogens with zero attached hydrogens (tertiary/aromatic N) is 1. The van der Waals surface area contributed by atoms with Crippen molar-refractivity contribution in [2.75, 3.05) is 13.2 Å². The summed E-state index contributed by atoms with van der Waals surface area (Å²) in [7, 11) is 0. The van der Waals surface area contributed by atoms with E-state index in [0.29, 0.717) is 45.5 Å². The normalized spacial score (nSPS) is 12.4. The lowest BCUT2D eigenvalue weighted by atomic mass is 10.1. The minimum atomic E-state index is -0.939. The number of hydrogen-bond donors (Lipinski definition) is 2. The summed E-state index contributed by atoms with van der Waals surface area (Å²) in [5.74, 6) is 0.478. The molecule has 0 aliphatic carbocycles. The molecule has 0 unspecified atom stereocenters. The first-order chi connectivity index (χ1) is 19.7. The summed E-state index contributed by atoms with van der Waals surface area (Å²) in [6.45, 7) is 6.48. The van der Waals surface area contributed by atoms with Crippen LogP contribution in [0, 0.1) is 0 Å². The van der Waals surface area contributed by atoms with Crippen molar-refractivity contribution >= 4 is 57.2 Å². The van der Waals surface area contributed by atoms with Gasteiger partial charge in [-0.1, -0.05) is 60.5 Å². The van der Waals surface area contributed by atoms with Gasteiger partial charge in [0, 0.05) is 11.4 Å². The van der Waals surface area contributed by atoms with Gasteiger partial charge in [-0.3, -0.25) is 9.59 Å². The minimum Gasteiger partial charge on any atom is -0.490 e. The van der Waals surface area contributed by atoms with Crippen molar-refractivity contribution in [2.45, 2.75) is 45.8 Å². The molecule has 0 aliphatic rings. The van der Waals surface area contributed by atoms with Crippen LogP contribution in [0.1, 0.15) is 38.3 Å². The van der Waals surface area contributed by atoms with Crippen molar-refractivity contribution in [1.29, 1.82) is 0 Å². The van der Waals surface area contributed by atoms with Gasteiger partial charge in [-0.25, -0.2) is 5.43 Å². The third-order valence-electron chi connectivity index (χ3n) is 5.65. The van der Waals surface area contributed by atoms with Crippen LogP contribution in [0.5, 0.6) is 17.2 Å². The average Bonchev–Trinajstić information content (AvgIpc) is 2.94. The van der Waals surface area contributed by atoms with Gasteiger partial charge in [-0.05, 0) is 77.7 Å². The summed E-state index contributed by atoms with van der Waals surface area (Å²) < 4.78 is 18.0. The van der Waals surface area contributed by atoms with Crippen molar-refractivity contribution < 1.29 is 23.8 Å². The van der Waals surface area contributed by atoms with Gasteiger partial charge in [0.15, 0.2) is 17.6 Å². The summed E-state index contributed by atoms with van der Waals surface area (Å²) in [4.78, 5) is 26.2. The van der Waals surface area contributed by atoms with E-state index in [2.05, 4.69) is 31.8 Å². The number of rotatable bonds is 14. The Morgan fingerprint density at radius 2 is 1.76 bits per heavy atom. The van der Waals surface area contributed by atoms with E-state index in [-0.39, 0.29) is 11.4 Å². The maximum absolute atomic E-state index is 13.2. The molecule has 0 bridgehead atoms. The van der Waals surface area contributed by atoms with E-state index < -0.39 is 24.0 Å². The van der Waals surface area contributed by atoms with E-state index in [4.69, 9.17) is 37.4 Å². The molecule has 0 fully saturated rings. The number of carbonyl (C=O) groups excluding carboxylic acids is 2. The highest BCUT2D eigenvalue weighted by molar-refractivity contribution is 9.10. The molecule has 2 N–H and O–H groups in total. The van der Waals surface area contributed by atoms with Gasteiger partial charge in [0.1, 0.15) is 11.8 Å². The van der Waals surface area contributed by atoms with Crippen LogP contribution < -0.4 is 25.0 Å². The lowest BCUT2D eigenvalue weighted by Crippen LogP contribution is -2.50. The Morgan fingerprint density at radius 1 is 1.00 bits per heavy atom. The fourth-order valence-corrected chi connectivity index (χ4v) is 4.71. The van der Waals surface area contributed by atoms with Gasteiger partial charge < -0.3 is 19.5 Å². The third-order valence-corrected chi connectivity index (χ3v) is 6.77. The van der Waals surface area contributed by atoms with Crippen LogP contribution in [0.25, 0.3) is 0 Å². The lowest BCUT2D eigenvalue weighted by molar-refractivity contribution is -0.132.